The molecule has 1 fully saturated rings. The van der Waals surface area contributed by atoms with E-state index in [2.05, 4.69) is 15.4 Å². The largest absolute Gasteiger partial charge is 0.435 e. The molecule has 0 atom stereocenters. The fourth-order valence-electron chi connectivity index (χ4n) is 3.02. The SMILES string of the molecule is COCC1(CNC(=O)Cc2ccccc2OC(F)F)CCNCC1. The predicted octanol–water partition coefficient (Wildman–Crippen LogP) is 1.96. The molecule has 0 aromatic heterocycles. The summed E-state index contributed by atoms with van der Waals surface area (Å²) >= 11 is 0. The minimum absolute atomic E-state index is 0.00417. The third kappa shape index (κ3) is 5.42. The van der Waals surface area contributed by atoms with Gasteiger partial charge in [-0.1, -0.05) is 18.2 Å². The Labute approximate surface area is 140 Å². The minimum Gasteiger partial charge on any atom is -0.435 e. The maximum absolute atomic E-state index is 12.4. The van der Waals surface area contributed by atoms with E-state index >= 15 is 0 Å². The van der Waals surface area contributed by atoms with Crippen molar-refractivity contribution in [2.24, 2.45) is 5.41 Å². The summed E-state index contributed by atoms with van der Waals surface area (Å²) < 4.78 is 34.6. The van der Waals surface area contributed by atoms with Crippen molar-refractivity contribution >= 4 is 5.91 Å². The molecule has 1 saturated heterocycles. The van der Waals surface area contributed by atoms with Crippen LogP contribution in [0.25, 0.3) is 0 Å². The highest BCUT2D eigenvalue weighted by atomic mass is 19.3. The Balaban J connectivity index is 1.93. The molecule has 0 radical (unpaired) electrons. The molecule has 1 aliphatic heterocycles. The average Bonchev–Trinajstić information content (AvgIpc) is 2.56. The number of piperidine rings is 1. The van der Waals surface area contributed by atoms with Gasteiger partial charge in [0.1, 0.15) is 5.75 Å². The van der Waals surface area contributed by atoms with Crippen LogP contribution in [0, 0.1) is 5.41 Å². The van der Waals surface area contributed by atoms with Crippen molar-refractivity contribution in [1.82, 2.24) is 10.6 Å². The van der Waals surface area contributed by atoms with Gasteiger partial charge in [-0.25, -0.2) is 0 Å². The molecule has 1 amide bonds. The number of methoxy groups -OCH3 is 1. The quantitative estimate of drug-likeness (QED) is 0.758. The summed E-state index contributed by atoms with van der Waals surface area (Å²) in [4.78, 5) is 12.2. The lowest BCUT2D eigenvalue weighted by Gasteiger charge is -2.37. The molecule has 0 bridgehead atoms. The fraction of sp³-hybridized carbons (Fsp3) is 0.588. The Hall–Kier alpha value is -1.73. The average molecular weight is 342 g/mol. The second kappa shape index (κ2) is 8.94. The Morgan fingerprint density at radius 1 is 1.33 bits per heavy atom. The smallest absolute Gasteiger partial charge is 0.387 e. The summed E-state index contributed by atoms with van der Waals surface area (Å²) in [6, 6.07) is 6.35. The Bertz CT molecular complexity index is 529. The van der Waals surface area contributed by atoms with Crippen LogP contribution >= 0.6 is 0 Å². The first kappa shape index (κ1) is 18.6. The number of carbonyl (C=O) groups excluding carboxylic acids is 1. The third-order valence-electron chi connectivity index (χ3n) is 4.31. The molecule has 2 rings (SSSR count). The number of hydrogen-bond donors (Lipinski definition) is 2. The summed E-state index contributed by atoms with van der Waals surface area (Å²) in [5, 5.41) is 6.21. The van der Waals surface area contributed by atoms with Gasteiger partial charge in [0.15, 0.2) is 0 Å². The number of halogens is 2. The van der Waals surface area contributed by atoms with Crippen molar-refractivity contribution < 1.29 is 23.0 Å². The van der Waals surface area contributed by atoms with Crippen LogP contribution in [0.2, 0.25) is 0 Å². The highest BCUT2D eigenvalue weighted by molar-refractivity contribution is 5.79. The van der Waals surface area contributed by atoms with Crippen molar-refractivity contribution in [3.63, 3.8) is 0 Å². The van der Waals surface area contributed by atoms with Gasteiger partial charge in [-0.3, -0.25) is 4.79 Å². The molecule has 24 heavy (non-hydrogen) atoms. The van der Waals surface area contributed by atoms with E-state index in [1.807, 2.05) is 0 Å². The first-order valence-corrected chi connectivity index (χ1v) is 8.04. The van der Waals surface area contributed by atoms with Crippen LogP contribution in [0.1, 0.15) is 18.4 Å². The van der Waals surface area contributed by atoms with Crippen LogP contribution in [-0.2, 0) is 16.0 Å². The predicted molar refractivity (Wildman–Crippen MR) is 86.2 cm³/mol. The van der Waals surface area contributed by atoms with E-state index in [1.54, 1.807) is 25.3 Å². The Morgan fingerprint density at radius 3 is 2.71 bits per heavy atom. The number of ether oxygens (including phenoxy) is 2. The molecule has 2 N–H and O–H groups in total. The minimum atomic E-state index is -2.91. The van der Waals surface area contributed by atoms with Crippen LogP contribution < -0.4 is 15.4 Å². The van der Waals surface area contributed by atoms with Crippen molar-refractivity contribution in [2.75, 3.05) is 33.4 Å². The molecule has 1 heterocycles. The standard InChI is InChI=1S/C17H24F2N2O3/c1-23-12-17(6-8-20-9-7-17)11-21-15(22)10-13-4-2-3-5-14(13)24-16(18)19/h2-5,16,20H,6-12H2,1H3,(H,21,22). The molecular weight excluding hydrogens is 318 g/mol. The highest BCUT2D eigenvalue weighted by Gasteiger charge is 2.32. The van der Waals surface area contributed by atoms with Crippen molar-refractivity contribution in [1.29, 1.82) is 0 Å². The van der Waals surface area contributed by atoms with Gasteiger partial charge in [0.2, 0.25) is 5.91 Å². The molecule has 1 aromatic carbocycles. The van der Waals surface area contributed by atoms with E-state index < -0.39 is 6.61 Å². The second-order valence-electron chi connectivity index (χ2n) is 6.12. The van der Waals surface area contributed by atoms with E-state index in [4.69, 9.17) is 4.74 Å². The maximum Gasteiger partial charge on any atom is 0.387 e. The highest BCUT2D eigenvalue weighted by Crippen LogP contribution is 2.28. The summed E-state index contributed by atoms with van der Waals surface area (Å²) in [5.41, 5.74) is 0.371. The topological polar surface area (TPSA) is 59.6 Å². The van der Waals surface area contributed by atoms with Gasteiger partial charge in [-0.2, -0.15) is 8.78 Å². The monoisotopic (exact) mass is 342 g/mol. The number of carbonyl (C=O) groups is 1. The van der Waals surface area contributed by atoms with E-state index in [1.165, 1.54) is 6.07 Å². The van der Waals surface area contributed by atoms with Crippen molar-refractivity contribution in [2.45, 2.75) is 25.9 Å². The molecule has 1 aromatic rings. The zero-order valence-corrected chi connectivity index (χ0v) is 13.8. The number of hydrogen-bond acceptors (Lipinski definition) is 4. The lowest BCUT2D eigenvalue weighted by Crippen LogP contribution is -2.47. The first-order chi connectivity index (χ1) is 11.5. The van der Waals surface area contributed by atoms with E-state index in [0.29, 0.717) is 18.7 Å². The zero-order chi connectivity index (χ0) is 17.4. The van der Waals surface area contributed by atoms with Crippen LogP contribution in [0.5, 0.6) is 5.75 Å². The lowest BCUT2D eigenvalue weighted by atomic mass is 9.79. The summed E-state index contributed by atoms with van der Waals surface area (Å²) in [7, 11) is 1.66. The van der Waals surface area contributed by atoms with Gasteiger partial charge < -0.3 is 20.1 Å². The molecule has 7 heteroatoms. The van der Waals surface area contributed by atoms with E-state index in [9.17, 15) is 13.6 Å². The maximum atomic E-state index is 12.4. The van der Waals surface area contributed by atoms with Gasteiger partial charge in [-0.15, -0.1) is 0 Å². The molecule has 134 valence electrons. The first-order valence-electron chi connectivity index (χ1n) is 8.04. The summed E-state index contributed by atoms with van der Waals surface area (Å²) in [5.74, 6) is -0.176. The van der Waals surface area contributed by atoms with Gasteiger partial charge >= 0.3 is 6.61 Å². The lowest BCUT2D eigenvalue weighted by molar-refractivity contribution is -0.121. The van der Waals surface area contributed by atoms with Gasteiger partial charge in [-0.05, 0) is 32.0 Å². The van der Waals surface area contributed by atoms with Crippen molar-refractivity contribution in [3.05, 3.63) is 29.8 Å². The molecule has 1 aliphatic rings. The van der Waals surface area contributed by atoms with Gasteiger partial charge in [0.05, 0.1) is 13.0 Å². The molecule has 0 unspecified atom stereocenters. The number of para-hydroxylation sites is 1. The normalized spacial score (nSPS) is 16.8. The van der Waals surface area contributed by atoms with Crippen LogP contribution in [0.15, 0.2) is 24.3 Å². The number of amides is 1. The molecule has 0 spiro atoms. The molecule has 0 saturated carbocycles. The molecule has 0 aliphatic carbocycles. The van der Waals surface area contributed by atoms with Crippen LogP contribution in [-0.4, -0.2) is 45.9 Å². The number of rotatable bonds is 8. The number of benzene rings is 1. The van der Waals surface area contributed by atoms with E-state index in [0.717, 1.165) is 25.9 Å². The third-order valence-corrected chi connectivity index (χ3v) is 4.31. The van der Waals surface area contributed by atoms with Crippen molar-refractivity contribution in [3.8, 4) is 5.75 Å². The molecular formula is C17H24F2N2O3. The van der Waals surface area contributed by atoms with Crippen LogP contribution in [0.4, 0.5) is 8.78 Å². The number of nitrogens with one attached hydrogen (secondary N) is 2. The summed E-state index contributed by atoms with van der Waals surface area (Å²) in [6.45, 7) is -0.0256. The van der Waals surface area contributed by atoms with Gasteiger partial charge in [0, 0.05) is 24.6 Å². The Morgan fingerprint density at radius 2 is 2.04 bits per heavy atom. The number of alkyl halides is 2. The Kier molecular flexibility index (Phi) is 6.93. The van der Waals surface area contributed by atoms with E-state index in [-0.39, 0.29) is 23.5 Å². The van der Waals surface area contributed by atoms with Crippen LogP contribution in [0.3, 0.4) is 0 Å². The second-order valence-corrected chi connectivity index (χ2v) is 6.12. The fourth-order valence-corrected chi connectivity index (χ4v) is 3.02. The zero-order valence-electron chi connectivity index (χ0n) is 13.8. The van der Waals surface area contributed by atoms with Gasteiger partial charge in [0.25, 0.3) is 0 Å². The summed E-state index contributed by atoms with van der Waals surface area (Å²) in [6.07, 6.45) is 1.85. The molecule has 5 nitrogen and oxygen atoms in total.